The van der Waals surface area contributed by atoms with Gasteiger partial charge in [0.05, 0.1) is 22.5 Å². The predicted octanol–water partition coefficient (Wildman–Crippen LogP) is 17.2. The van der Waals surface area contributed by atoms with E-state index in [9.17, 15) is 0 Å². The van der Waals surface area contributed by atoms with Crippen LogP contribution in [0.1, 0.15) is 99.1 Å². The molecule has 1 nitrogen and oxygen atoms in total. The van der Waals surface area contributed by atoms with E-state index in [0.717, 1.165) is 0 Å². The maximum atomic E-state index is 2.68. The number of fused-ring (bicyclic) bond motifs is 4. The van der Waals surface area contributed by atoms with Crippen LogP contribution in [-0.4, -0.2) is 0 Å². The Balaban J connectivity index is 1.27. The summed E-state index contributed by atoms with van der Waals surface area (Å²) in [6.45, 7) is 9.48. The van der Waals surface area contributed by atoms with Gasteiger partial charge >= 0.3 is 0 Å². The lowest BCUT2D eigenvalue weighted by Crippen LogP contribution is -2.39. The standard InChI is InChI=1S/C64H59N/c1-44-39-42-58(61-55-34-17-19-37-56(55)64(62(44)61,48-29-13-7-14-30-48)49-31-15-8-16-32-49)65(59-43-50(63(2,3)4)40-41-51(59)45-23-9-5-10-24-45)57-38-20-18-33-53(57)54-36-22-28-47-27-21-35-52(60(47)54)46-25-11-6-12-26-46/h5,7-10,13-24,27-44,46,62H,6,11-12,25-26H2,1-4H3. The highest BCUT2D eigenvalue weighted by Gasteiger charge is 2.55. The Kier molecular flexibility index (Phi) is 10.5. The molecule has 1 saturated carbocycles. The van der Waals surface area contributed by atoms with Crippen molar-refractivity contribution < 1.29 is 0 Å². The van der Waals surface area contributed by atoms with Crippen LogP contribution in [0.25, 0.3) is 38.6 Å². The van der Waals surface area contributed by atoms with Gasteiger partial charge in [0.25, 0.3) is 0 Å². The SMILES string of the molecule is CC1C=CC(N(c2cc(C(C)(C)C)ccc2-c2ccccc2)c2ccccc2-c2cccc3cccc(C4CCCCC4)c23)=C2c3ccccc3C(c3ccccc3)(c3ccccc3)C21. The van der Waals surface area contributed by atoms with E-state index in [0.29, 0.717) is 5.92 Å². The Hall–Kier alpha value is -6.70. The number of anilines is 2. The van der Waals surface area contributed by atoms with Crippen LogP contribution in [0.4, 0.5) is 11.4 Å². The van der Waals surface area contributed by atoms with Gasteiger partial charge in [-0.15, -0.1) is 0 Å². The van der Waals surface area contributed by atoms with E-state index < -0.39 is 5.41 Å². The molecular weight excluding hydrogens is 783 g/mol. The van der Waals surface area contributed by atoms with Gasteiger partial charge in [-0.3, -0.25) is 0 Å². The van der Waals surface area contributed by atoms with Crippen LogP contribution in [0, 0.1) is 11.8 Å². The second kappa shape index (κ2) is 16.7. The molecule has 0 aliphatic heterocycles. The fourth-order valence-corrected chi connectivity index (χ4v) is 12.1. The first-order valence-electron chi connectivity index (χ1n) is 24.1. The molecule has 0 radical (unpaired) electrons. The molecule has 320 valence electrons. The third-order valence-electron chi connectivity index (χ3n) is 15.1. The zero-order valence-electron chi connectivity index (χ0n) is 38.3. The maximum Gasteiger partial charge on any atom is 0.0543 e. The molecule has 0 bridgehead atoms. The van der Waals surface area contributed by atoms with Crippen molar-refractivity contribution in [3.05, 3.63) is 245 Å². The monoisotopic (exact) mass is 841 g/mol. The Morgan fingerprint density at radius 2 is 1.12 bits per heavy atom. The zero-order valence-corrected chi connectivity index (χ0v) is 38.3. The minimum absolute atomic E-state index is 0.0767. The Morgan fingerprint density at radius 3 is 1.82 bits per heavy atom. The summed E-state index contributed by atoms with van der Waals surface area (Å²) in [5.41, 5.74) is 17.7. The highest BCUT2D eigenvalue weighted by Crippen LogP contribution is 2.63. The van der Waals surface area contributed by atoms with Gasteiger partial charge in [-0.25, -0.2) is 0 Å². The highest BCUT2D eigenvalue weighted by atomic mass is 15.2. The normalized spacial score (nSPS) is 18.1. The van der Waals surface area contributed by atoms with Crippen molar-refractivity contribution in [2.75, 3.05) is 4.90 Å². The number of hydrogen-bond acceptors (Lipinski definition) is 1. The molecule has 8 aromatic carbocycles. The molecule has 0 heterocycles. The smallest absolute Gasteiger partial charge is 0.0543 e. The first-order valence-corrected chi connectivity index (χ1v) is 24.1. The third kappa shape index (κ3) is 6.91. The van der Waals surface area contributed by atoms with E-state index in [-0.39, 0.29) is 17.3 Å². The average molecular weight is 842 g/mol. The average Bonchev–Trinajstić information content (AvgIpc) is 3.68. The van der Waals surface area contributed by atoms with E-state index in [1.807, 2.05) is 0 Å². The lowest BCUT2D eigenvalue weighted by Gasteiger charge is -2.43. The van der Waals surface area contributed by atoms with Gasteiger partial charge in [-0.05, 0) is 109 Å². The van der Waals surface area contributed by atoms with Crippen molar-refractivity contribution in [2.45, 2.75) is 76.5 Å². The molecule has 1 fully saturated rings. The Bertz CT molecular complexity index is 3020. The van der Waals surface area contributed by atoms with E-state index in [1.165, 1.54) is 121 Å². The summed E-state index contributed by atoms with van der Waals surface area (Å²) in [5, 5.41) is 2.73. The van der Waals surface area contributed by atoms with Gasteiger partial charge in [-0.2, -0.15) is 0 Å². The molecule has 2 atom stereocenters. The van der Waals surface area contributed by atoms with Gasteiger partial charge in [0.1, 0.15) is 0 Å². The first-order chi connectivity index (χ1) is 31.8. The van der Waals surface area contributed by atoms with Crippen LogP contribution in [0.5, 0.6) is 0 Å². The molecule has 1 heteroatoms. The van der Waals surface area contributed by atoms with E-state index >= 15 is 0 Å². The molecule has 0 saturated heterocycles. The summed E-state index contributed by atoms with van der Waals surface area (Å²) in [6.07, 6.45) is 11.5. The van der Waals surface area contributed by atoms with Gasteiger partial charge in [0.2, 0.25) is 0 Å². The molecule has 0 aromatic heterocycles. The van der Waals surface area contributed by atoms with Crippen LogP contribution in [0.2, 0.25) is 0 Å². The van der Waals surface area contributed by atoms with Gasteiger partial charge < -0.3 is 4.90 Å². The number of rotatable bonds is 8. The van der Waals surface area contributed by atoms with Crippen molar-refractivity contribution in [2.24, 2.45) is 11.8 Å². The number of para-hydroxylation sites is 1. The summed E-state index contributed by atoms with van der Waals surface area (Å²) in [4.78, 5) is 2.68. The summed E-state index contributed by atoms with van der Waals surface area (Å²) < 4.78 is 0. The first kappa shape index (κ1) is 41.0. The van der Waals surface area contributed by atoms with E-state index in [2.05, 4.69) is 239 Å². The fraction of sp³-hybridized carbons (Fsp3) is 0.219. The second-order valence-corrected chi connectivity index (χ2v) is 19.9. The maximum absolute atomic E-state index is 2.68. The molecule has 0 spiro atoms. The predicted molar refractivity (Wildman–Crippen MR) is 276 cm³/mol. The van der Waals surface area contributed by atoms with Crippen LogP contribution < -0.4 is 4.90 Å². The van der Waals surface area contributed by atoms with Gasteiger partial charge in [0, 0.05) is 17.0 Å². The Morgan fingerprint density at radius 1 is 0.523 bits per heavy atom. The quantitative estimate of drug-likeness (QED) is 0.147. The fourth-order valence-electron chi connectivity index (χ4n) is 12.1. The molecular formula is C64H59N. The lowest BCUT2D eigenvalue weighted by molar-refractivity contribution is 0.397. The third-order valence-corrected chi connectivity index (χ3v) is 15.1. The molecule has 3 aliphatic carbocycles. The summed E-state index contributed by atoms with van der Waals surface area (Å²) in [5.74, 6) is 0.919. The molecule has 8 aromatic rings. The van der Waals surface area contributed by atoms with E-state index in [1.54, 1.807) is 0 Å². The molecule has 2 unspecified atom stereocenters. The topological polar surface area (TPSA) is 3.24 Å². The van der Waals surface area contributed by atoms with Crippen molar-refractivity contribution in [1.82, 2.24) is 0 Å². The minimum atomic E-state index is -0.422. The zero-order chi connectivity index (χ0) is 44.1. The summed E-state index contributed by atoms with van der Waals surface area (Å²) in [6, 6.07) is 73.7. The summed E-state index contributed by atoms with van der Waals surface area (Å²) in [7, 11) is 0. The summed E-state index contributed by atoms with van der Waals surface area (Å²) >= 11 is 0. The van der Waals surface area contributed by atoms with Crippen LogP contribution in [0.15, 0.2) is 212 Å². The van der Waals surface area contributed by atoms with Crippen molar-refractivity contribution in [1.29, 1.82) is 0 Å². The molecule has 0 N–H and O–H groups in total. The van der Waals surface area contributed by atoms with Crippen molar-refractivity contribution in [3.8, 4) is 22.3 Å². The second-order valence-electron chi connectivity index (χ2n) is 19.9. The molecule has 11 rings (SSSR count). The largest absolute Gasteiger partial charge is 0.309 e. The molecule has 65 heavy (non-hydrogen) atoms. The lowest BCUT2D eigenvalue weighted by atomic mass is 9.60. The number of hydrogen-bond donors (Lipinski definition) is 0. The molecule has 0 amide bonds. The molecule has 3 aliphatic rings. The number of nitrogens with zero attached hydrogens (tertiary/aromatic N) is 1. The van der Waals surface area contributed by atoms with Crippen molar-refractivity contribution >= 4 is 27.7 Å². The van der Waals surface area contributed by atoms with Crippen LogP contribution >= 0.6 is 0 Å². The minimum Gasteiger partial charge on any atom is -0.309 e. The highest BCUT2D eigenvalue weighted by molar-refractivity contribution is 6.04. The van der Waals surface area contributed by atoms with Gasteiger partial charge in [-0.1, -0.05) is 235 Å². The van der Waals surface area contributed by atoms with Crippen LogP contribution in [0.3, 0.4) is 0 Å². The van der Waals surface area contributed by atoms with E-state index in [4.69, 9.17) is 0 Å². The number of benzene rings is 8. The Labute approximate surface area is 386 Å². The van der Waals surface area contributed by atoms with Crippen LogP contribution in [-0.2, 0) is 10.8 Å². The van der Waals surface area contributed by atoms with Crippen molar-refractivity contribution in [3.63, 3.8) is 0 Å². The number of allylic oxidation sites excluding steroid dienone is 3. The van der Waals surface area contributed by atoms with Gasteiger partial charge in [0.15, 0.2) is 0 Å².